The van der Waals surface area contributed by atoms with Gasteiger partial charge in [-0.1, -0.05) is 36.8 Å². The molecule has 0 spiro atoms. The predicted octanol–water partition coefficient (Wildman–Crippen LogP) is 4.50. The van der Waals surface area contributed by atoms with E-state index in [-0.39, 0.29) is 5.91 Å². The normalized spacial score (nSPS) is 15.8. The average molecular weight is 348 g/mol. The van der Waals surface area contributed by atoms with E-state index in [0.717, 1.165) is 44.5 Å². The molecule has 1 aliphatic heterocycles. The van der Waals surface area contributed by atoms with Crippen molar-refractivity contribution in [3.63, 3.8) is 0 Å². The van der Waals surface area contributed by atoms with Crippen molar-refractivity contribution >= 4 is 5.91 Å². The van der Waals surface area contributed by atoms with E-state index < -0.39 is 11.7 Å². The fourth-order valence-electron chi connectivity index (χ4n) is 2.98. The second kappa shape index (κ2) is 7.27. The maximum Gasteiger partial charge on any atom is 0.416 e. The number of amides is 1. The van der Waals surface area contributed by atoms with Crippen molar-refractivity contribution in [1.82, 2.24) is 10.4 Å². The highest BCUT2D eigenvalue weighted by Crippen LogP contribution is 2.31. The van der Waals surface area contributed by atoms with Crippen LogP contribution in [0.1, 0.15) is 35.2 Å². The number of hydrogen-bond donors (Lipinski definition) is 1. The lowest BCUT2D eigenvalue weighted by atomic mass is 9.98. The predicted molar refractivity (Wildman–Crippen MR) is 89.8 cm³/mol. The summed E-state index contributed by atoms with van der Waals surface area (Å²) in [7, 11) is 0. The zero-order chi connectivity index (χ0) is 17.9. The highest BCUT2D eigenvalue weighted by molar-refractivity contribution is 6.00. The fraction of sp³-hybridized carbons (Fsp3) is 0.316. The molecule has 0 radical (unpaired) electrons. The summed E-state index contributed by atoms with van der Waals surface area (Å²) >= 11 is 0. The molecule has 0 bridgehead atoms. The molecule has 0 aromatic heterocycles. The summed E-state index contributed by atoms with van der Waals surface area (Å²) in [5.74, 6) is -0.239. The van der Waals surface area contributed by atoms with Crippen LogP contribution in [0.2, 0.25) is 0 Å². The van der Waals surface area contributed by atoms with E-state index in [1.54, 1.807) is 24.3 Å². The third kappa shape index (κ3) is 4.20. The fourth-order valence-corrected chi connectivity index (χ4v) is 2.98. The van der Waals surface area contributed by atoms with Gasteiger partial charge in [0.25, 0.3) is 5.91 Å². The summed E-state index contributed by atoms with van der Waals surface area (Å²) < 4.78 is 38.2. The van der Waals surface area contributed by atoms with Crippen LogP contribution in [0.15, 0.2) is 48.5 Å². The van der Waals surface area contributed by atoms with Gasteiger partial charge in [0.2, 0.25) is 0 Å². The van der Waals surface area contributed by atoms with Crippen molar-refractivity contribution < 1.29 is 18.0 Å². The summed E-state index contributed by atoms with van der Waals surface area (Å²) in [5.41, 5.74) is 3.84. The van der Waals surface area contributed by atoms with Crippen LogP contribution in [-0.2, 0) is 6.18 Å². The molecule has 1 saturated heterocycles. The number of nitrogens with zero attached hydrogens (tertiary/aromatic N) is 1. The van der Waals surface area contributed by atoms with Crippen LogP contribution in [0.5, 0.6) is 0 Å². The van der Waals surface area contributed by atoms with Crippen LogP contribution in [0.25, 0.3) is 11.1 Å². The highest BCUT2D eigenvalue weighted by atomic mass is 19.4. The van der Waals surface area contributed by atoms with Gasteiger partial charge in [-0.05, 0) is 42.2 Å². The van der Waals surface area contributed by atoms with E-state index in [1.165, 1.54) is 12.1 Å². The largest absolute Gasteiger partial charge is 0.416 e. The number of benzene rings is 2. The van der Waals surface area contributed by atoms with E-state index in [1.807, 2.05) is 5.01 Å². The molecule has 0 saturated carbocycles. The lowest BCUT2D eigenvalue weighted by molar-refractivity contribution is -0.137. The second-order valence-electron chi connectivity index (χ2n) is 6.11. The molecular formula is C19H19F3N2O. The molecule has 1 fully saturated rings. The molecule has 3 nitrogen and oxygen atoms in total. The Morgan fingerprint density at radius 2 is 1.56 bits per heavy atom. The minimum atomic E-state index is -4.37. The molecule has 0 atom stereocenters. The Morgan fingerprint density at radius 1 is 0.920 bits per heavy atom. The Hall–Kier alpha value is -2.34. The van der Waals surface area contributed by atoms with Gasteiger partial charge in [0.15, 0.2) is 0 Å². The molecule has 2 aromatic carbocycles. The number of carbonyl (C=O) groups excluding carboxylic acids is 1. The zero-order valence-corrected chi connectivity index (χ0v) is 13.6. The molecule has 1 aliphatic rings. The molecule has 1 N–H and O–H groups in total. The zero-order valence-electron chi connectivity index (χ0n) is 13.6. The molecule has 25 heavy (non-hydrogen) atoms. The van der Waals surface area contributed by atoms with E-state index in [9.17, 15) is 18.0 Å². The number of hydrazine groups is 1. The summed E-state index contributed by atoms with van der Waals surface area (Å²) in [6, 6.07) is 11.8. The highest BCUT2D eigenvalue weighted by Gasteiger charge is 2.30. The van der Waals surface area contributed by atoms with Crippen molar-refractivity contribution in [2.45, 2.75) is 25.4 Å². The van der Waals surface area contributed by atoms with Crippen LogP contribution in [-0.4, -0.2) is 24.0 Å². The number of rotatable bonds is 3. The monoisotopic (exact) mass is 348 g/mol. The first-order valence-electron chi connectivity index (χ1n) is 8.28. The van der Waals surface area contributed by atoms with Gasteiger partial charge in [-0.3, -0.25) is 10.2 Å². The van der Waals surface area contributed by atoms with Crippen molar-refractivity contribution in [2.24, 2.45) is 0 Å². The Balaban J connectivity index is 1.84. The Bertz CT molecular complexity index is 735. The topological polar surface area (TPSA) is 32.3 Å². The molecule has 6 heteroatoms. The average Bonchev–Trinajstić information content (AvgIpc) is 2.62. The van der Waals surface area contributed by atoms with Gasteiger partial charge in [0, 0.05) is 18.7 Å². The van der Waals surface area contributed by atoms with Gasteiger partial charge in [-0.2, -0.15) is 13.2 Å². The lowest BCUT2D eigenvalue weighted by Crippen LogP contribution is -2.45. The first-order chi connectivity index (χ1) is 11.9. The number of nitrogens with one attached hydrogen (secondary N) is 1. The third-order valence-electron chi connectivity index (χ3n) is 4.31. The number of piperidine rings is 1. The molecule has 2 aromatic rings. The van der Waals surface area contributed by atoms with Crippen LogP contribution < -0.4 is 5.43 Å². The van der Waals surface area contributed by atoms with Gasteiger partial charge < -0.3 is 0 Å². The number of halogens is 3. The van der Waals surface area contributed by atoms with E-state index in [2.05, 4.69) is 5.43 Å². The van der Waals surface area contributed by atoms with Crippen molar-refractivity contribution in [2.75, 3.05) is 13.1 Å². The first-order valence-corrected chi connectivity index (χ1v) is 8.28. The Morgan fingerprint density at radius 3 is 2.20 bits per heavy atom. The summed E-state index contributed by atoms with van der Waals surface area (Å²) in [6.45, 7) is 1.63. The molecule has 1 heterocycles. The molecular weight excluding hydrogens is 329 g/mol. The van der Waals surface area contributed by atoms with E-state index in [0.29, 0.717) is 16.7 Å². The second-order valence-corrected chi connectivity index (χ2v) is 6.11. The standard InChI is InChI=1S/C19H19F3N2O/c20-19(21,22)15-10-8-14(9-11-15)16-6-2-3-7-17(16)18(25)23-24-12-4-1-5-13-24/h2-3,6-11H,1,4-5,12-13H2,(H,23,25). The molecule has 0 unspecified atom stereocenters. The lowest BCUT2D eigenvalue weighted by Gasteiger charge is -2.27. The van der Waals surface area contributed by atoms with Crippen LogP contribution in [0.3, 0.4) is 0 Å². The third-order valence-corrected chi connectivity index (χ3v) is 4.31. The summed E-state index contributed by atoms with van der Waals surface area (Å²) in [4.78, 5) is 12.6. The van der Waals surface area contributed by atoms with Gasteiger partial charge in [0.05, 0.1) is 5.56 Å². The number of hydrogen-bond acceptors (Lipinski definition) is 2. The number of alkyl halides is 3. The van der Waals surface area contributed by atoms with Crippen molar-refractivity contribution in [3.8, 4) is 11.1 Å². The maximum atomic E-state index is 12.7. The minimum Gasteiger partial charge on any atom is -0.285 e. The van der Waals surface area contributed by atoms with Gasteiger partial charge in [0.1, 0.15) is 0 Å². The first kappa shape index (κ1) is 17.5. The van der Waals surface area contributed by atoms with E-state index in [4.69, 9.17) is 0 Å². The number of carbonyl (C=O) groups is 1. The van der Waals surface area contributed by atoms with Crippen LogP contribution in [0, 0.1) is 0 Å². The van der Waals surface area contributed by atoms with Crippen molar-refractivity contribution in [1.29, 1.82) is 0 Å². The van der Waals surface area contributed by atoms with Gasteiger partial charge in [-0.25, -0.2) is 5.01 Å². The molecule has 0 aliphatic carbocycles. The minimum absolute atomic E-state index is 0.239. The van der Waals surface area contributed by atoms with Gasteiger partial charge >= 0.3 is 6.18 Å². The van der Waals surface area contributed by atoms with Crippen molar-refractivity contribution in [3.05, 3.63) is 59.7 Å². The SMILES string of the molecule is O=C(NN1CCCCC1)c1ccccc1-c1ccc(C(F)(F)F)cc1. The summed E-state index contributed by atoms with van der Waals surface area (Å²) in [5, 5.41) is 1.90. The van der Waals surface area contributed by atoms with Gasteiger partial charge in [-0.15, -0.1) is 0 Å². The molecule has 1 amide bonds. The van der Waals surface area contributed by atoms with E-state index >= 15 is 0 Å². The maximum absolute atomic E-state index is 12.7. The smallest absolute Gasteiger partial charge is 0.285 e. The molecule has 132 valence electrons. The quantitative estimate of drug-likeness (QED) is 0.886. The Kier molecular flexibility index (Phi) is 5.08. The molecule has 3 rings (SSSR count). The Labute approximate surface area is 144 Å². The van der Waals surface area contributed by atoms with Crippen LogP contribution in [0.4, 0.5) is 13.2 Å². The summed E-state index contributed by atoms with van der Waals surface area (Å²) in [6.07, 6.45) is -1.13. The van der Waals surface area contributed by atoms with Crippen LogP contribution >= 0.6 is 0 Å².